The summed E-state index contributed by atoms with van der Waals surface area (Å²) in [6.07, 6.45) is -11.5. The Kier molecular flexibility index (Phi) is 7.28. The quantitative estimate of drug-likeness (QED) is 0.212. The Bertz CT molecular complexity index is 1290. The Morgan fingerprint density at radius 3 is 2.25 bits per heavy atom. The number of halogens is 6. The minimum atomic E-state index is -5.09. The van der Waals surface area contributed by atoms with Gasteiger partial charge in [-0.25, -0.2) is 4.79 Å². The maximum absolute atomic E-state index is 13.8. The number of alkyl halides is 6. The number of nitrogens with one attached hydrogen (secondary N) is 1. The van der Waals surface area contributed by atoms with Crippen LogP contribution in [0.1, 0.15) is 59.9 Å². The number of carboxylic acid groups (broad SMARTS) is 1. The molecule has 0 bridgehead atoms. The van der Waals surface area contributed by atoms with Crippen LogP contribution < -0.4 is 10.1 Å². The highest BCUT2D eigenvalue weighted by Crippen LogP contribution is 2.37. The lowest BCUT2D eigenvalue weighted by Crippen LogP contribution is -2.39. The fraction of sp³-hybridized carbons (Fsp3) is 0.333. The van der Waals surface area contributed by atoms with Crippen molar-refractivity contribution < 1.29 is 45.8 Å². The van der Waals surface area contributed by atoms with Crippen LogP contribution in [-0.2, 0) is 12.7 Å². The topological polar surface area (TPSA) is 80.6 Å². The van der Waals surface area contributed by atoms with Crippen molar-refractivity contribution in [2.75, 3.05) is 0 Å². The Morgan fingerprint density at radius 2 is 1.72 bits per heavy atom. The molecule has 1 heterocycles. The second-order valence-corrected chi connectivity index (χ2v) is 8.32. The van der Waals surface area contributed by atoms with Crippen molar-refractivity contribution in [2.45, 2.75) is 51.6 Å². The van der Waals surface area contributed by atoms with E-state index >= 15 is 0 Å². The lowest BCUT2D eigenvalue weighted by Gasteiger charge is -2.23. The van der Waals surface area contributed by atoms with Gasteiger partial charge in [-0.1, -0.05) is 26.0 Å². The van der Waals surface area contributed by atoms with E-state index in [2.05, 4.69) is 0 Å². The smallest absolute Gasteiger partial charge is 0.449 e. The van der Waals surface area contributed by atoms with E-state index in [1.54, 1.807) is 26.8 Å². The molecule has 1 aromatic heterocycles. The van der Waals surface area contributed by atoms with Crippen LogP contribution in [0.25, 0.3) is 10.9 Å². The Labute approximate surface area is 201 Å². The van der Waals surface area contributed by atoms with E-state index in [4.69, 9.17) is 9.84 Å². The van der Waals surface area contributed by atoms with Gasteiger partial charge in [-0.3, -0.25) is 4.79 Å². The zero-order valence-electron chi connectivity index (χ0n) is 19.3. The molecule has 0 aliphatic rings. The second-order valence-electron chi connectivity index (χ2n) is 8.32. The fourth-order valence-electron chi connectivity index (χ4n) is 3.92. The Balaban J connectivity index is 2.08. The predicted molar refractivity (Wildman–Crippen MR) is 118 cm³/mol. The number of rotatable bonds is 6. The van der Waals surface area contributed by atoms with Crippen molar-refractivity contribution >= 4 is 23.0 Å². The zero-order chi connectivity index (χ0) is 27.0. The third-order valence-corrected chi connectivity index (χ3v) is 5.55. The summed E-state index contributed by atoms with van der Waals surface area (Å²) >= 11 is 0. The van der Waals surface area contributed by atoms with Crippen LogP contribution in [0.2, 0.25) is 0 Å². The van der Waals surface area contributed by atoms with Crippen LogP contribution in [0.4, 0.5) is 31.1 Å². The summed E-state index contributed by atoms with van der Waals surface area (Å²) in [6, 6.07) is 4.20. The standard InChI is InChI=1S/C24H22F6N2O4/c1-4-32-17-11-16(12(2)3)19(36-22(34)35)10-14(17)9-18(32)21(33)31-20(24(28,29)30)13-6-5-7-15(8-13)23(25,26)27/h5-12,20H,4H2,1-3H3,(H,31,33)(H,34,35). The average Bonchev–Trinajstić information content (AvgIpc) is 3.12. The fourth-order valence-corrected chi connectivity index (χ4v) is 3.92. The van der Waals surface area contributed by atoms with Crippen LogP contribution in [0.15, 0.2) is 42.5 Å². The van der Waals surface area contributed by atoms with Crippen molar-refractivity contribution in [3.8, 4) is 5.75 Å². The van der Waals surface area contributed by atoms with E-state index in [0.717, 1.165) is 12.1 Å². The summed E-state index contributed by atoms with van der Waals surface area (Å²) in [5.41, 5.74) is -1.29. The number of amides is 1. The number of aromatic nitrogens is 1. The van der Waals surface area contributed by atoms with E-state index < -0.39 is 41.6 Å². The van der Waals surface area contributed by atoms with Gasteiger partial charge in [0.25, 0.3) is 5.91 Å². The molecule has 1 atom stereocenters. The molecule has 6 nitrogen and oxygen atoms in total. The van der Waals surface area contributed by atoms with Gasteiger partial charge < -0.3 is 19.7 Å². The van der Waals surface area contributed by atoms with Crippen molar-refractivity contribution in [3.63, 3.8) is 0 Å². The van der Waals surface area contributed by atoms with Gasteiger partial charge in [0.1, 0.15) is 11.4 Å². The van der Waals surface area contributed by atoms with Crippen LogP contribution >= 0.6 is 0 Å². The molecule has 0 radical (unpaired) electrons. The van der Waals surface area contributed by atoms with Gasteiger partial charge in [0.15, 0.2) is 6.04 Å². The summed E-state index contributed by atoms with van der Waals surface area (Å²) < 4.78 is 86.9. The van der Waals surface area contributed by atoms with Crippen molar-refractivity contribution in [2.24, 2.45) is 0 Å². The largest absolute Gasteiger partial charge is 0.511 e. The molecule has 0 saturated heterocycles. The molecular weight excluding hydrogens is 494 g/mol. The minimum Gasteiger partial charge on any atom is -0.449 e. The first-order valence-corrected chi connectivity index (χ1v) is 10.8. The lowest BCUT2D eigenvalue weighted by molar-refractivity contribution is -0.156. The van der Waals surface area contributed by atoms with Gasteiger partial charge in [0.05, 0.1) is 5.56 Å². The number of carbonyl (C=O) groups excluding carboxylic acids is 1. The molecule has 0 aliphatic heterocycles. The third kappa shape index (κ3) is 5.58. The second kappa shape index (κ2) is 9.75. The number of aryl methyl sites for hydroxylation is 1. The first kappa shape index (κ1) is 26.9. The van der Waals surface area contributed by atoms with E-state index in [0.29, 0.717) is 28.6 Å². The summed E-state index contributed by atoms with van der Waals surface area (Å²) in [5, 5.41) is 11.2. The zero-order valence-corrected chi connectivity index (χ0v) is 19.3. The number of nitrogens with zero attached hydrogens (tertiary/aromatic N) is 1. The van der Waals surface area contributed by atoms with Gasteiger partial charge in [-0.2, -0.15) is 26.3 Å². The number of hydrogen-bond acceptors (Lipinski definition) is 3. The summed E-state index contributed by atoms with van der Waals surface area (Å²) in [4.78, 5) is 24.1. The van der Waals surface area contributed by atoms with Crippen LogP contribution in [0.5, 0.6) is 5.75 Å². The summed E-state index contributed by atoms with van der Waals surface area (Å²) in [7, 11) is 0. The van der Waals surface area contributed by atoms with Gasteiger partial charge >= 0.3 is 18.5 Å². The van der Waals surface area contributed by atoms with Gasteiger partial charge in [-0.15, -0.1) is 0 Å². The highest BCUT2D eigenvalue weighted by Gasteiger charge is 2.43. The normalized spacial score (nSPS) is 13.2. The first-order chi connectivity index (χ1) is 16.6. The lowest BCUT2D eigenvalue weighted by atomic mass is 10.0. The number of carbonyl (C=O) groups is 2. The molecule has 0 saturated carbocycles. The summed E-state index contributed by atoms with van der Waals surface area (Å²) in [5.74, 6) is -1.33. The maximum atomic E-state index is 13.8. The molecule has 3 rings (SSSR count). The number of ether oxygens (including phenoxy) is 1. The molecule has 194 valence electrons. The van der Waals surface area contributed by atoms with Crippen molar-refractivity contribution in [1.29, 1.82) is 0 Å². The van der Waals surface area contributed by atoms with Crippen LogP contribution in [0.3, 0.4) is 0 Å². The molecule has 0 fully saturated rings. The number of fused-ring (bicyclic) bond motifs is 1. The molecule has 0 spiro atoms. The van der Waals surface area contributed by atoms with E-state index in [-0.39, 0.29) is 23.9 Å². The third-order valence-electron chi connectivity index (χ3n) is 5.55. The Hall–Kier alpha value is -3.70. The molecule has 0 aliphatic carbocycles. The van der Waals surface area contributed by atoms with Crippen LogP contribution in [0, 0.1) is 0 Å². The average molecular weight is 516 g/mol. The van der Waals surface area contributed by atoms with Gasteiger partial charge in [0.2, 0.25) is 0 Å². The van der Waals surface area contributed by atoms with Gasteiger partial charge in [-0.05, 0) is 54.3 Å². The molecule has 3 aromatic rings. The molecule has 2 N–H and O–H groups in total. The SMILES string of the molecule is CCn1c(C(=O)NC(c2cccc(C(F)(F)F)c2)C(F)(F)F)cc2cc(OC(=O)O)c(C(C)C)cc21. The summed E-state index contributed by atoms with van der Waals surface area (Å²) in [6.45, 7) is 5.39. The minimum absolute atomic E-state index is 0.0161. The van der Waals surface area contributed by atoms with Crippen LogP contribution in [-0.4, -0.2) is 27.9 Å². The molecule has 2 aromatic carbocycles. The number of benzene rings is 2. The predicted octanol–water partition coefficient (Wildman–Crippen LogP) is 6.89. The molecule has 1 amide bonds. The molecule has 36 heavy (non-hydrogen) atoms. The first-order valence-electron chi connectivity index (χ1n) is 10.8. The number of hydrogen-bond donors (Lipinski definition) is 2. The Morgan fingerprint density at radius 1 is 1.06 bits per heavy atom. The maximum Gasteiger partial charge on any atom is 0.511 e. The van der Waals surface area contributed by atoms with Gasteiger partial charge in [0, 0.05) is 17.4 Å². The monoisotopic (exact) mass is 516 g/mol. The van der Waals surface area contributed by atoms with E-state index in [9.17, 15) is 35.9 Å². The molecular formula is C24H22F6N2O4. The molecule has 1 unspecified atom stereocenters. The van der Waals surface area contributed by atoms with E-state index in [1.807, 2.05) is 5.32 Å². The van der Waals surface area contributed by atoms with E-state index in [1.165, 1.54) is 16.7 Å². The highest BCUT2D eigenvalue weighted by atomic mass is 19.4. The molecule has 12 heteroatoms. The van der Waals surface area contributed by atoms with Crippen molar-refractivity contribution in [3.05, 3.63) is 64.8 Å². The van der Waals surface area contributed by atoms with Crippen molar-refractivity contribution in [1.82, 2.24) is 9.88 Å². The highest BCUT2D eigenvalue weighted by molar-refractivity contribution is 5.99.